The van der Waals surface area contributed by atoms with Crippen molar-refractivity contribution in [3.05, 3.63) is 17.1 Å². The minimum Gasteiger partial charge on any atom is -0.494 e. The Hall–Kier alpha value is -0.850. The average molecular weight is 278 g/mol. The van der Waals surface area contributed by atoms with E-state index >= 15 is 0 Å². The number of nitrogens with zero attached hydrogens (tertiary/aromatic N) is 1. The molecule has 16 heavy (non-hydrogen) atoms. The van der Waals surface area contributed by atoms with Crippen molar-refractivity contribution in [2.45, 2.75) is 11.8 Å². The van der Waals surface area contributed by atoms with Crippen LogP contribution in [0.3, 0.4) is 0 Å². The van der Waals surface area contributed by atoms with Gasteiger partial charge in [-0.1, -0.05) is 0 Å². The van der Waals surface area contributed by atoms with Crippen LogP contribution in [0.15, 0.2) is 16.5 Å². The highest BCUT2D eigenvalue weighted by atomic mass is 35.7. The molecule has 0 N–H and O–H groups in total. The Morgan fingerprint density at radius 2 is 2.19 bits per heavy atom. The number of benzene rings is 1. The van der Waals surface area contributed by atoms with Crippen LogP contribution >= 0.6 is 22.0 Å². The molecule has 2 aromatic rings. The van der Waals surface area contributed by atoms with Crippen molar-refractivity contribution in [1.82, 2.24) is 4.98 Å². The average Bonchev–Trinajstić information content (AvgIpc) is 2.65. The monoisotopic (exact) mass is 277 g/mol. The number of aromatic nitrogens is 1. The fraction of sp³-hybridized carbons (Fsp3) is 0.222. The predicted octanol–water partition coefficient (Wildman–Crippen LogP) is 2.54. The first-order valence-corrected chi connectivity index (χ1v) is 7.49. The zero-order chi connectivity index (χ0) is 11.9. The van der Waals surface area contributed by atoms with Gasteiger partial charge in [0.15, 0.2) is 5.75 Å². The molecule has 7 heteroatoms. The van der Waals surface area contributed by atoms with Gasteiger partial charge in [-0.25, -0.2) is 13.4 Å². The highest BCUT2D eigenvalue weighted by molar-refractivity contribution is 8.13. The minimum absolute atomic E-state index is 0.00841. The lowest BCUT2D eigenvalue weighted by Gasteiger charge is -2.07. The van der Waals surface area contributed by atoms with Gasteiger partial charge in [-0.15, -0.1) is 11.3 Å². The number of halogens is 1. The number of methoxy groups -OCH3 is 1. The van der Waals surface area contributed by atoms with E-state index in [1.807, 2.05) is 0 Å². The Bertz CT molecular complexity index is 648. The summed E-state index contributed by atoms with van der Waals surface area (Å²) in [6.07, 6.45) is 0. The Morgan fingerprint density at radius 3 is 2.75 bits per heavy atom. The summed E-state index contributed by atoms with van der Waals surface area (Å²) in [6.45, 7) is 1.78. The molecular weight excluding hydrogens is 270 g/mol. The molecule has 1 aromatic carbocycles. The number of thiazole rings is 1. The van der Waals surface area contributed by atoms with Crippen LogP contribution in [0.2, 0.25) is 0 Å². The number of hydrogen-bond donors (Lipinski definition) is 0. The first-order valence-electron chi connectivity index (χ1n) is 4.30. The maximum absolute atomic E-state index is 11.4. The molecule has 0 aliphatic carbocycles. The van der Waals surface area contributed by atoms with Gasteiger partial charge in [-0.2, -0.15) is 0 Å². The summed E-state index contributed by atoms with van der Waals surface area (Å²) < 4.78 is 28.6. The molecule has 0 fully saturated rings. The van der Waals surface area contributed by atoms with Crippen molar-refractivity contribution in [2.75, 3.05) is 7.11 Å². The molecule has 0 saturated carbocycles. The quantitative estimate of drug-likeness (QED) is 0.792. The molecule has 0 spiro atoms. The molecule has 0 unspecified atom stereocenters. The lowest BCUT2D eigenvalue weighted by Crippen LogP contribution is -1.97. The minimum atomic E-state index is -3.81. The summed E-state index contributed by atoms with van der Waals surface area (Å²) in [4.78, 5) is 4.14. The molecule has 0 aliphatic heterocycles. The zero-order valence-electron chi connectivity index (χ0n) is 8.52. The summed E-state index contributed by atoms with van der Waals surface area (Å²) in [7, 11) is 2.96. The third kappa shape index (κ3) is 1.77. The van der Waals surface area contributed by atoms with Crippen molar-refractivity contribution >= 4 is 41.3 Å². The molecule has 0 amide bonds. The van der Waals surface area contributed by atoms with Crippen LogP contribution in [0.5, 0.6) is 5.75 Å². The fourth-order valence-corrected chi connectivity index (χ4v) is 3.53. The van der Waals surface area contributed by atoms with Crippen molar-refractivity contribution < 1.29 is 13.2 Å². The third-order valence-corrected chi connectivity index (χ3v) is 4.34. The molecule has 2 rings (SSSR count). The van der Waals surface area contributed by atoms with E-state index in [1.54, 1.807) is 12.4 Å². The van der Waals surface area contributed by atoms with Gasteiger partial charge in [-0.3, -0.25) is 0 Å². The number of ether oxygens (including phenoxy) is 1. The van der Waals surface area contributed by atoms with Gasteiger partial charge in [0.1, 0.15) is 4.90 Å². The van der Waals surface area contributed by atoms with Gasteiger partial charge in [0, 0.05) is 10.7 Å². The van der Waals surface area contributed by atoms with E-state index in [1.165, 1.54) is 24.5 Å². The third-order valence-electron chi connectivity index (χ3n) is 2.19. The van der Waals surface area contributed by atoms with Gasteiger partial charge in [0.05, 0.1) is 22.8 Å². The van der Waals surface area contributed by atoms with E-state index in [2.05, 4.69) is 4.98 Å². The van der Waals surface area contributed by atoms with E-state index in [0.29, 0.717) is 4.70 Å². The smallest absolute Gasteiger partial charge is 0.265 e. The van der Waals surface area contributed by atoms with Crippen molar-refractivity contribution in [1.29, 1.82) is 0 Å². The van der Waals surface area contributed by atoms with Crippen LogP contribution in [0.4, 0.5) is 0 Å². The summed E-state index contributed by atoms with van der Waals surface area (Å²) >= 11 is 1.32. The highest BCUT2D eigenvalue weighted by Gasteiger charge is 2.21. The summed E-state index contributed by atoms with van der Waals surface area (Å²) in [5.74, 6) is 0.262. The maximum atomic E-state index is 11.4. The fourth-order valence-electron chi connectivity index (χ4n) is 1.50. The lowest BCUT2D eigenvalue weighted by molar-refractivity contribution is 0.409. The molecule has 86 valence electrons. The van der Waals surface area contributed by atoms with Gasteiger partial charge >= 0.3 is 0 Å². The first-order chi connectivity index (χ1) is 7.45. The maximum Gasteiger partial charge on any atom is 0.265 e. The molecule has 0 atom stereocenters. The van der Waals surface area contributed by atoms with Crippen molar-refractivity contribution in [2.24, 2.45) is 0 Å². The molecule has 0 bridgehead atoms. The Balaban J connectivity index is 2.95. The number of aryl methyl sites for hydroxylation is 1. The van der Waals surface area contributed by atoms with Crippen LogP contribution in [-0.2, 0) is 9.05 Å². The van der Waals surface area contributed by atoms with Crippen LogP contribution in [0, 0.1) is 6.92 Å². The topological polar surface area (TPSA) is 56.3 Å². The summed E-state index contributed by atoms with van der Waals surface area (Å²) in [6, 6.07) is 1.48. The SMILES string of the molecule is COc1c(S(=O)(=O)Cl)cc(C)c2ncsc12. The Labute approximate surface area is 101 Å². The lowest BCUT2D eigenvalue weighted by atomic mass is 10.2. The van der Waals surface area contributed by atoms with Crippen molar-refractivity contribution in [3.8, 4) is 5.75 Å². The largest absolute Gasteiger partial charge is 0.494 e. The predicted molar refractivity (Wildman–Crippen MR) is 63.9 cm³/mol. The molecule has 0 aliphatic rings. The van der Waals surface area contributed by atoms with Crippen molar-refractivity contribution in [3.63, 3.8) is 0 Å². The van der Waals surface area contributed by atoms with Gasteiger partial charge in [-0.05, 0) is 18.6 Å². The number of rotatable bonds is 2. The molecular formula is C9H8ClNO3S2. The second-order valence-corrected chi connectivity index (χ2v) is 6.58. The molecule has 1 aromatic heterocycles. The number of fused-ring (bicyclic) bond motifs is 1. The van der Waals surface area contributed by atoms with E-state index in [-0.39, 0.29) is 10.6 Å². The van der Waals surface area contributed by atoms with E-state index in [4.69, 9.17) is 15.4 Å². The second kappa shape index (κ2) is 3.87. The van der Waals surface area contributed by atoms with Crippen LogP contribution in [-0.4, -0.2) is 20.5 Å². The summed E-state index contributed by atoms with van der Waals surface area (Å²) in [5, 5.41) is 0. The standard InChI is InChI=1S/C9H8ClNO3S2/c1-5-3-6(16(10,12)13)8(14-2)9-7(5)11-4-15-9/h3-4H,1-2H3. The Kier molecular flexibility index (Phi) is 2.81. The zero-order valence-corrected chi connectivity index (χ0v) is 10.9. The number of hydrogen-bond acceptors (Lipinski definition) is 5. The van der Waals surface area contributed by atoms with E-state index in [0.717, 1.165) is 11.1 Å². The molecule has 0 radical (unpaired) electrons. The van der Waals surface area contributed by atoms with Crippen LogP contribution in [0.25, 0.3) is 10.2 Å². The van der Waals surface area contributed by atoms with E-state index in [9.17, 15) is 8.42 Å². The van der Waals surface area contributed by atoms with Gasteiger partial charge in [0.2, 0.25) is 0 Å². The van der Waals surface area contributed by atoms with E-state index < -0.39 is 9.05 Å². The first kappa shape index (κ1) is 11.6. The van der Waals surface area contributed by atoms with Gasteiger partial charge < -0.3 is 4.74 Å². The normalized spacial score (nSPS) is 11.9. The summed E-state index contributed by atoms with van der Waals surface area (Å²) in [5.41, 5.74) is 3.15. The second-order valence-electron chi connectivity index (χ2n) is 3.19. The Morgan fingerprint density at radius 1 is 1.50 bits per heavy atom. The van der Waals surface area contributed by atoms with Crippen LogP contribution in [0.1, 0.15) is 5.56 Å². The molecule has 1 heterocycles. The van der Waals surface area contributed by atoms with Gasteiger partial charge in [0.25, 0.3) is 9.05 Å². The molecule has 4 nitrogen and oxygen atoms in total. The molecule has 0 saturated heterocycles. The highest BCUT2D eigenvalue weighted by Crippen LogP contribution is 2.38. The van der Waals surface area contributed by atoms with Crippen LogP contribution < -0.4 is 4.74 Å².